The van der Waals surface area contributed by atoms with E-state index in [0.717, 1.165) is 49.7 Å². The normalized spacial score (nSPS) is 21.3. The summed E-state index contributed by atoms with van der Waals surface area (Å²) >= 11 is 0. The minimum absolute atomic E-state index is 0.368. The number of allylic oxidation sites excluding steroid dienone is 1. The zero-order chi connectivity index (χ0) is 24.9. The number of carbonyl (C=O) groups excluding carboxylic acids is 1. The number of hydrogen-bond donors (Lipinski definition) is 1. The van der Waals surface area contributed by atoms with Gasteiger partial charge in [-0.25, -0.2) is 4.98 Å². The van der Waals surface area contributed by atoms with Crippen molar-refractivity contribution < 1.29 is 4.79 Å². The summed E-state index contributed by atoms with van der Waals surface area (Å²) in [7, 11) is 0. The summed E-state index contributed by atoms with van der Waals surface area (Å²) in [5.41, 5.74) is 6.13. The van der Waals surface area contributed by atoms with Crippen LogP contribution in [0.25, 0.3) is 0 Å². The van der Waals surface area contributed by atoms with Crippen LogP contribution in [0.3, 0.4) is 0 Å². The van der Waals surface area contributed by atoms with Gasteiger partial charge < -0.3 is 10.2 Å². The smallest absolute Gasteiger partial charge is 0.137 e. The number of benzene rings is 1. The van der Waals surface area contributed by atoms with E-state index in [4.69, 9.17) is 0 Å². The lowest BCUT2D eigenvalue weighted by atomic mass is 9.71. The standard InChI is InChI=1S/C31H42N4O/c1-23(2)7-6-14-34-15-17-35(18-16-34)27-12-10-26(11-13-27)33-31-21-30-25(22-32-31)19-28(36)20-29(30)24-8-4-3-5-9-24/h10-13,21-22,24,29H,1,3-9,14-20H2,2H3,(H,32,33). The van der Waals surface area contributed by atoms with Gasteiger partial charge in [0.2, 0.25) is 0 Å². The monoisotopic (exact) mass is 486 g/mol. The number of nitrogens with zero attached hydrogens (tertiary/aromatic N) is 3. The molecule has 1 saturated heterocycles. The average molecular weight is 487 g/mol. The molecule has 5 heteroatoms. The highest BCUT2D eigenvalue weighted by Gasteiger charge is 2.32. The largest absolute Gasteiger partial charge is 0.369 e. The van der Waals surface area contributed by atoms with Crippen molar-refractivity contribution in [1.29, 1.82) is 0 Å². The Kier molecular flexibility index (Phi) is 8.05. The predicted molar refractivity (Wildman–Crippen MR) is 149 cm³/mol. The fourth-order valence-electron chi connectivity index (χ4n) is 6.40. The van der Waals surface area contributed by atoms with Gasteiger partial charge in [-0.1, -0.05) is 24.8 Å². The Hall–Kier alpha value is -2.66. The van der Waals surface area contributed by atoms with E-state index in [0.29, 0.717) is 30.5 Å². The minimum atomic E-state index is 0.368. The number of ketones is 1. The lowest BCUT2D eigenvalue weighted by molar-refractivity contribution is -0.119. The van der Waals surface area contributed by atoms with E-state index < -0.39 is 0 Å². The average Bonchev–Trinajstić information content (AvgIpc) is 2.90. The van der Waals surface area contributed by atoms with Crippen LogP contribution in [-0.2, 0) is 11.2 Å². The molecule has 2 aromatic rings. The van der Waals surface area contributed by atoms with Crippen LogP contribution in [0.5, 0.6) is 0 Å². The molecule has 1 aliphatic heterocycles. The third-order valence-corrected chi connectivity index (χ3v) is 8.43. The number of hydrogen-bond acceptors (Lipinski definition) is 5. The number of carbonyl (C=O) groups is 1. The summed E-state index contributed by atoms with van der Waals surface area (Å²) in [4.78, 5) is 22.2. The molecule has 0 bridgehead atoms. The summed E-state index contributed by atoms with van der Waals surface area (Å²) in [6.45, 7) is 11.7. The van der Waals surface area contributed by atoms with Crippen LogP contribution in [0.4, 0.5) is 17.2 Å². The predicted octanol–water partition coefficient (Wildman–Crippen LogP) is 6.48. The lowest BCUT2D eigenvalue weighted by Gasteiger charge is -2.36. The van der Waals surface area contributed by atoms with Gasteiger partial charge in [-0.15, -0.1) is 6.58 Å². The summed E-state index contributed by atoms with van der Waals surface area (Å²) < 4.78 is 0. The molecule has 1 aromatic carbocycles. The second-order valence-corrected chi connectivity index (χ2v) is 11.3. The summed E-state index contributed by atoms with van der Waals surface area (Å²) in [6.07, 6.45) is 12.0. The fourth-order valence-corrected chi connectivity index (χ4v) is 6.40. The molecule has 2 aliphatic carbocycles. The molecule has 1 aromatic heterocycles. The summed E-state index contributed by atoms with van der Waals surface area (Å²) in [6, 6.07) is 11.0. The zero-order valence-electron chi connectivity index (χ0n) is 22.0. The Morgan fingerprint density at radius 2 is 1.83 bits per heavy atom. The number of nitrogens with one attached hydrogen (secondary N) is 1. The van der Waals surface area contributed by atoms with E-state index in [1.165, 1.54) is 61.9 Å². The molecule has 1 saturated carbocycles. The maximum atomic E-state index is 12.5. The first-order valence-corrected chi connectivity index (χ1v) is 14.0. The molecule has 5 nitrogen and oxygen atoms in total. The van der Waals surface area contributed by atoms with Crippen LogP contribution in [0.1, 0.15) is 75.3 Å². The summed E-state index contributed by atoms with van der Waals surface area (Å²) in [5.74, 6) is 2.28. The molecular formula is C31H42N4O. The van der Waals surface area contributed by atoms with Crippen molar-refractivity contribution in [3.63, 3.8) is 0 Å². The summed E-state index contributed by atoms with van der Waals surface area (Å²) in [5, 5.41) is 3.53. The van der Waals surface area contributed by atoms with E-state index >= 15 is 0 Å². The Morgan fingerprint density at radius 1 is 1.08 bits per heavy atom. The molecule has 5 rings (SSSR count). The Bertz CT molecular complexity index is 1050. The van der Waals surface area contributed by atoms with E-state index in [1.807, 2.05) is 6.20 Å². The van der Waals surface area contributed by atoms with Crippen molar-refractivity contribution in [1.82, 2.24) is 9.88 Å². The number of fused-ring (bicyclic) bond motifs is 1. The Balaban J connectivity index is 1.20. The Morgan fingerprint density at radius 3 is 2.56 bits per heavy atom. The fraction of sp³-hybridized carbons (Fsp3) is 0.548. The van der Waals surface area contributed by atoms with Gasteiger partial charge in [0.15, 0.2) is 0 Å². The van der Waals surface area contributed by atoms with E-state index in [9.17, 15) is 4.79 Å². The number of pyridine rings is 1. The minimum Gasteiger partial charge on any atom is -0.369 e. The van der Waals surface area contributed by atoms with Gasteiger partial charge in [-0.05, 0) is 92.4 Å². The van der Waals surface area contributed by atoms with Crippen LogP contribution in [0.2, 0.25) is 0 Å². The van der Waals surface area contributed by atoms with Gasteiger partial charge in [0.05, 0.1) is 0 Å². The van der Waals surface area contributed by atoms with E-state index in [2.05, 4.69) is 63.9 Å². The van der Waals surface area contributed by atoms with Gasteiger partial charge in [0.1, 0.15) is 11.6 Å². The van der Waals surface area contributed by atoms with Crippen molar-refractivity contribution in [2.75, 3.05) is 42.9 Å². The molecular weight excluding hydrogens is 444 g/mol. The van der Waals surface area contributed by atoms with Crippen LogP contribution >= 0.6 is 0 Å². The van der Waals surface area contributed by atoms with Crippen LogP contribution < -0.4 is 10.2 Å². The maximum Gasteiger partial charge on any atom is 0.137 e. The first-order chi connectivity index (χ1) is 17.5. The molecule has 192 valence electrons. The third kappa shape index (κ3) is 6.18. The molecule has 1 atom stereocenters. The molecule has 3 aliphatic rings. The number of Topliss-reactive ketones (excluding diaryl/α,β-unsaturated/α-hetero) is 1. The van der Waals surface area contributed by atoms with E-state index in [1.54, 1.807) is 0 Å². The third-order valence-electron chi connectivity index (χ3n) is 8.43. The maximum absolute atomic E-state index is 12.5. The quantitative estimate of drug-likeness (QED) is 0.433. The number of aromatic nitrogens is 1. The van der Waals surface area contributed by atoms with Crippen molar-refractivity contribution in [3.8, 4) is 0 Å². The van der Waals surface area contributed by atoms with Crippen LogP contribution in [-0.4, -0.2) is 48.4 Å². The molecule has 2 heterocycles. The first-order valence-electron chi connectivity index (χ1n) is 14.0. The lowest BCUT2D eigenvalue weighted by Crippen LogP contribution is -2.46. The molecule has 0 amide bonds. The van der Waals surface area contributed by atoms with Gasteiger partial charge in [0, 0.05) is 56.6 Å². The first kappa shape index (κ1) is 25.0. The molecule has 1 N–H and O–H groups in total. The number of rotatable bonds is 8. The van der Waals surface area contributed by atoms with Crippen LogP contribution in [0.15, 0.2) is 48.7 Å². The highest BCUT2D eigenvalue weighted by Crippen LogP contribution is 2.42. The highest BCUT2D eigenvalue weighted by molar-refractivity contribution is 5.84. The second kappa shape index (κ2) is 11.6. The highest BCUT2D eigenvalue weighted by atomic mass is 16.1. The van der Waals surface area contributed by atoms with Crippen molar-refractivity contribution in [2.45, 2.75) is 70.6 Å². The van der Waals surface area contributed by atoms with Crippen molar-refractivity contribution >= 4 is 23.0 Å². The molecule has 1 unspecified atom stereocenters. The van der Waals surface area contributed by atoms with Crippen molar-refractivity contribution in [2.24, 2.45) is 5.92 Å². The molecule has 2 fully saturated rings. The van der Waals surface area contributed by atoms with E-state index in [-0.39, 0.29) is 0 Å². The SMILES string of the molecule is C=C(C)CCCN1CCN(c2ccc(Nc3cc4c(cn3)CC(=O)CC4C3CCCCC3)cc2)CC1. The van der Waals surface area contributed by atoms with Gasteiger partial charge in [0.25, 0.3) is 0 Å². The second-order valence-electron chi connectivity index (χ2n) is 11.3. The zero-order valence-corrected chi connectivity index (χ0v) is 22.0. The van der Waals surface area contributed by atoms with Gasteiger partial charge in [-0.3, -0.25) is 9.69 Å². The number of piperazine rings is 1. The molecule has 0 spiro atoms. The molecule has 0 radical (unpaired) electrons. The van der Waals surface area contributed by atoms with Crippen molar-refractivity contribution in [3.05, 3.63) is 59.8 Å². The molecule has 36 heavy (non-hydrogen) atoms. The van der Waals surface area contributed by atoms with Crippen LogP contribution in [0, 0.1) is 5.92 Å². The van der Waals surface area contributed by atoms with Gasteiger partial charge in [-0.2, -0.15) is 0 Å². The van der Waals surface area contributed by atoms with Gasteiger partial charge >= 0.3 is 0 Å². The Labute approximate surface area is 217 Å². The number of anilines is 3. The topological polar surface area (TPSA) is 48.5 Å².